The van der Waals surface area contributed by atoms with Crippen LogP contribution in [0.4, 0.5) is 0 Å². The average Bonchev–Trinajstić information content (AvgIpc) is 2.63. The van der Waals surface area contributed by atoms with E-state index in [1.165, 1.54) is 3.58 Å². The Balaban J connectivity index is 2.23. The molecule has 2 aromatic rings. The van der Waals surface area contributed by atoms with Crippen LogP contribution in [0, 0.1) is 0 Å². The van der Waals surface area contributed by atoms with E-state index in [1.807, 2.05) is 24.3 Å². The van der Waals surface area contributed by atoms with Gasteiger partial charge in [0.25, 0.3) is 0 Å². The molecule has 0 radical (unpaired) electrons. The summed E-state index contributed by atoms with van der Waals surface area (Å²) in [5, 5.41) is 0. The molecule has 0 bridgehead atoms. The Morgan fingerprint density at radius 3 is 2.06 bits per heavy atom. The van der Waals surface area contributed by atoms with Gasteiger partial charge in [0.05, 0.1) is 0 Å². The van der Waals surface area contributed by atoms with Crippen LogP contribution in [0.5, 0.6) is 0 Å². The molecule has 0 aliphatic heterocycles. The molecule has 2 heteroatoms. The van der Waals surface area contributed by atoms with Crippen LogP contribution in [-0.2, 0) is 0 Å². The number of hydrogen-bond acceptors (Lipinski definition) is 1. The van der Waals surface area contributed by atoms with Gasteiger partial charge in [-0.25, -0.2) is 0 Å². The van der Waals surface area contributed by atoms with Gasteiger partial charge in [0.15, 0.2) is 0 Å². The van der Waals surface area contributed by atoms with Gasteiger partial charge in [-0.15, -0.1) is 0 Å². The molecule has 18 heavy (non-hydrogen) atoms. The zero-order valence-corrected chi connectivity index (χ0v) is 13.8. The molecule has 3 rings (SSSR count). The SMILES string of the molecule is [CH3][Sn]([CH3])([CH3])[c]1ccc2c(c1)C(=O)c1ccccc1-2. The first-order chi connectivity index (χ1) is 8.48. The summed E-state index contributed by atoms with van der Waals surface area (Å²) in [5.41, 5.74) is 3.96. The van der Waals surface area contributed by atoms with E-state index in [1.54, 1.807) is 0 Å². The minimum atomic E-state index is -2.10. The summed E-state index contributed by atoms with van der Waals surface area (Å²) in [4.78, 5) is 19.5. The fourth-order valence-electron chi connectivity index (χ4n) is 2.49. The van der Waals surface area contributed by atoms with E-state index < -0.39 is 18.4 Å². The molecule has 90 valence electrons. The van der Waals surface area contributed by atoms with Crippen LogP contribution in [-0.4, -0.2) is 24.2 Å². The second-order valence-electron chi connectivity index (χ2n) is 5.89. The van der Waals surface area contributed by atoms with Crippen LogP contribution < -0.4 is 3.58 Å². The van der Waals surface area contributed by atoms with Crippen LogP contribution in [0.15, 0.2) is 42.5 Å². The summed E-state index contributed by atoms with van der Waals surface area (Å²) < 4.78 is 1.42. The van der Waals surface area contributed by atoms with Crippen molar-refractivity contribution in [2.24, 2.45) is 0 Å². The monoisotopic (exact) mass is 344 g/mol. The topological polar surface area (TPSA) is 17.1 Å². The molecule has 0 N–H and O–H groups in total. The van der Waals surface area contributed by atoms with E-state index in [9.17, 15) is 4.79 Å². The molecular formula is C16H16OSn. The first-order valence-corrected chi connectivity index (χ1v) is 16.3. The number of fused-ring (bicyclic) bond motifs is 3. The number of rotatable bonds is 1. The Kier molecular flexibility index (Phi) is 2.63. The summed E-state index contributed by atoms with van der Waals surface area (Å²) >= 11 is -2.10. The van der Waals surface area contributed by atoms with Gasteiger partial charge < -0.3 is 0 Å². The van der Waals surface area contributed by atoms with Crippen molar-refractivity contribution in [3.63, 3.8) is 0 Å². The molecule has 0 aromatic heterocycles. The van der Waals surface area contributed by atoms with Crippen molar-refractivity contribution in [2.75, 3.05) is 0 Å². The Morgan fingerprint density at radius 1 is 0.778 bits per heavy atom. The van der Waals surface area contributed by atoms with Crippen LogP contribution >= 0.6 is 0 Å². The molecule has 0 fully saturated rings. The molecule has 1 aliphatic rings. The predicted octanol–water partition coefficient (Wildman–Crippen LogP) is 3.44. The fraction of sp³-hybridized carbons (Fsp3) is 0.188. The molecule has 0 unspecified atom stereocenters. The maximum atomic E-state index is 12.4. The Bertz CT molecular complexity index is 650. The van der Waals surface area contributed by atoms with E-state index in [-0.39, 0.29) is 5.78 Å². The fourth-order valence-corrected chi connectivity index (χ4v) is 5.81. The second kappa shape index (κ2) is 3.95. The molecule has 0 amide bonds. The zero-order chi connectivity index (χ0) is 12.9. The van der Waals surface area contributed by atoms with E-state index in [0.29, 0.717) is 0 Å². The van der Waals surface area contributed by atoms with Gasteiger partial charge in [0.2, 0.25) is 0 Å². The van der Waals surface area contributed by atoms with Crippen molar-refractivity contribution in [3.8, 4) is 11.1 Å². The molecule has 0 spiro atoms. The third-order valence-corrected chi connectivity index (χ3v) is 9.42. The number of carbonyl (C=O) groups is 1. The molecule has 0 saturated carbocycles. The van der Waals surface area contributed by atoms with Gasteiger partial charge in [-0.2, -0.15) is 0 Å². The first-order valence-electron chi connectivity index (χ1n) is 6.27. The summed E-state index contributed by atoms with van der Waals surface area (Å²) in [5.74, 6) is 0.193. The van der Waals surface area contributed by atoms with Crippen molar-refractivity contribution in [3.05, 3.63) is 53.6 Å². The Hall–Kier alpha value is -1.09. The standard InChI is InChI=1S/C13H7O.3CH3.Sn/c14-13-11-7-3-1-5-9(11)10-6-2-4-8-12(10)13;;;;/h1-3,5-8H;3*1H3;. The Labute approximate surface area is 112 Å². The predicted molar refractivity (Wildman–Crippen MR) is 78.3 cm³/mol. The normalized spacial score (nSPS) is 13.4. The van der Waals surface area contributed by atoms with E-state index in [4.69, 9.17) is 0 Å². The van der Waals surface area contributed by atoms with Gasteiger partial charge in [0, 0.05) is 0 Å². The second-order valence-corrected chi connectivity index (χ2v) is 20.4. The molecule has 0 heterocycles. The third-order valence-electron chi connectivity index (χ3n) is 3.59. The van der Waals surface area contributed by atoms with Crippen molar-refractivity contribution >= 4 is 27.7 Å². The summed E-state index contributed by atoms with van der Waals surface area (Å²) in [6.07, 6.45) is 0. The summed E-state index contributed by atoms with van der Waals surface area (Å²) in [6, 6.07) is 14.4. The van der Waals surface area contributed by atoms with Crippen molar-refractivity contribution < 1.29 is 4.79 Å². The van der Waals surface area contributed by atoms with Crippen molar-refractivity contribution in [1.29, 1.82) is 0 Å². The van der Waals surface area contributed by atoms with Crippen LogP contribution in [0.3, 0.4) is 0 Å². The van der Waals surface area contributed by atoms with Crippen LogP contribution in [0.1, 0.15) is 15.9 Å². The van der Waals surface area contributed by atoms with Crippen LogP contribution in [0.25, 0.3) is 11.1 Å². The third kappa shape index (κ3) is 1.72. The van der Waals surface area contributed by atoms with Gasteiger partial charge >= 0.3 is 112 Å². The average molecular weight is 343 g/mol. The van der Waals surface area contributed by atoms with Crippen LogP contribution in [0.2, 0.25) is 14.8 Å². The number of carbonyl (C=O) groups excluding carboxylic acids is 1. The first kappa shape index (κ1) is 12.0. The molecule has 1 nitrogen and oxygen atoms in total. The van der Waals surface area contributed by atoms with E-state index in [0.717, 1.165) is 22.3 Å². The van der Waals surface area contributed by atoms with Gasteiger partial charge in [-0.1, -0.05) is 0 Å². The summed E-state index contributed by atoms with van der Waals surface area (Å²) in [6.45, 7) is 0. The van der Waals surface area contributed by atoms with E-state index in [2.05, 4.69) is 33.0 Å². The molecule has 0 atom stereocenters. The number of benzene rings is 2. The molecule has 0 saturated heterocycles. The molecule has 1 aliphatic carbocycles. The van der Waals surface area contributed by atoms with E-state index >= 15 is 0 Å². The maximum absolute atomic E-state index is 12.4. The minimum absolute atomic E-state index is 0.193. The molecule has 2 aromatic carbocycles. The quantitative estimate of drug-likeness (QED) is 0.619. The van der Waals surface area contributed by atoms with Gasteiger partial charge in [-0.05, 0) is 0 Å². The van der Waals surface area contributed by atoms with Crippen molar-refractivity contribution in [1.82, 2.24) is 0 Å². The van der Waals surface area contributed by atoms with Crippen molar-refractivity contribution in [2.45, 2.75) is 14.8 Å². The number of ketones is 1. The van der Waals surface area contributed by atoms with Gasteiger partial charge in [0.1, 0.15) is 0 Å². The van der Waals surface area contributed by atoms with Gasteiger partial charge in [-0.3, -0.25) is 0 Å². The number of hydrogen-bond donors (Lipinski definition) is 0. The summed E-state index contributed by atoms with van der Waals surface area (Å²) in [7, 11) is 0. The molecular weight excluding hydrogens is 327 g/mol. The Morgan fingerprint density at radius 2 is 1.39 bits per heavy atom. The zero-order valence-electron chi connectivity index (χ0n) is 10.9.